The van der Waals surface area contributed by atoms with E-state index in [0.29, 0.717) is 5.02 Å². The summed E-state index contributed by atoms with van der Waals surface area (Å²) < 4.78 is 0. The third kappa shape index (κ3) is 2.67. The Labute approximate surface area is 82.6 Å². The first-order valence-corrected chi connectivity index (χ1v) is 4.39. The lowest BCUT2D eigenvalue weighted by Crippen LogP contribution is -2.28. The van der Waals surface area contributed by atoms with E-state index in [4.69, 9.17) is 28.1 Å². The number of benzene rings is 1. The van der Waals surface area contributed by atoms with Crippen LogP contribution in [-0.4, -0.2) is 6.04 Å². The fraction of sp³-hybridized carbons (Fsp3) is 0.333. The van der Waals surface area contributed by atoms with Crippen molar-refractivity contribution in [2.75, 3.05) is 0 Å². The van der Waals surface area contributed by atoms with E-state index in [0.717, 1.165) is 5.56 Å². The van der Waals surface area contributed by atoms with Crippen LogP contribution in [0.5, 0.6) is 0 Å². The zero-order chi connectivity index (χ0) is 9.84. The Morgan fingerprint density at radius 1 is 1.31 bits per heavy atom. The molecular weight excluding hydrogens is 188 g/mol. The van der Waals surface area contributed by atoms with Gasteiger partial charge in [-0.1, -0.05) is 23.7 Å². The average molecular weight is 201 g/mol. The van der Waals surface area contributed by atoms with Crippen LogP contribution in [0, 0.1) is 0 Å². The second kappa shape index (κ2) is 4.58. The van der Waals surface area contributed by atoms with Gasteiger partial charge in [-0.05, 0) is 24.6 Å². The molecule has 0 aliphatic rings. The van der Waals surface area contributed by atoms with E-state index in [1.165, 1.54) is 0 Å². The molecule has 2 atom stereocenters. The van der Waals surface area contributed by atoms with Crippen molar-refractivity contribution in [3.05, 3.63) is 34.9 Å². The SMILES string of the molecule is C[C@H](N)C(ON)c1ccc(Cl)cc1. The summed E-state index contributed by atoms with van der Waals surface area (Å²) in [4.78, 5) is 4.77. The first-order valence-electron chi connectivity index (χ1n) is 4.01. The van der Waals surface area contributed by atoms with Crippen molar-refractivity contribution < 1.29 is 4.84 Å². The Morgan fingerprint density at radius 2 is 1.85 bits per heavy atom. The van der Waals surface area contributed by atoms with Crippen molar-refractivity contribution in [1.29, 1.82) is 0 Å². The monoisotopic (exact) mass is 200 g/mol. The second-order valence-electron chi connectivity index (χ2n) is 2.97. The van der Waals surface area contributed by atoms with Crippen molar-refractivity contribution >= 4 is 11.6 Å². The summed E-state index contributed by atoms with van der Waals surface area (Å²) in [6.45, 7) is 1.84. The van der Waals surface area contributed by atoms with Crippen LogP contribution in [0.1, 0.15) is 18.6 Å². The molecule has 4 N–H and O–H groups in total. The maximum Gasteiger partial charge on any atom is 0.118 e. The van der Waals surface area contributed by atoms with Gasteiger partial charge in [0.15, 0.2) is 0 Å². The highest BCUT2D eigenvalue weighted by Crippen LogP contribution is 2.20. The molecule has 0 aliphatic carbocycles. The average Bonchev–Trinajstić information content (AvgIpc) is 2.09. The van der Waals surface area contributed by atoms with Crippen LogP contribution in [0.2, 0.25) is 5.02 Å². The highest BCUT2D eigenvalue weighted by Gasteiger charge is 2.15. The smallest absolute Gasteiger partial charge is 0.118 e. The first-order chi connectivity index (χ1) is 6.15. The van der Waals surface area contributed by atoms with Crippen molar-refractivity contribution in [3.8, 4) is 0 Å². The molecular formula is C9H13ClN2O. The minimum absolute atomic E-state index is 0.147. The summed E-state index contributed by atoms with van der Waals surface area (Å²) in [5.74, 6) is 5.13. The van der Waals surface area contributed by atoms with E-state index in [2.05, 4.69) is 0 Å². The largest absolute Gasteiger partial charge is 0.325 e. The number of rotatable bonds is 3. The zero-order valence-corrected chi connectivity index (χ0v) is 8.16. The maximum atomic E-state index is 5.74. The van der Waals surface area contributed by atoms with Crippen LogP contribution >= 0.6 is 11.6 Å². The molecule has 0 saturated carbocycles. The lowest BCUT2D eigenvalue weighted by atomic mass is 10.0. The van der Waals surface area contributed by atoms with Gasteiger partial charge in [0.05, 0.1) is 0 Å². The molecule has 0 heterocycles. The molecule has 1 rings (SSSR count). The zero-order valence-electron chi connectivity index (χ0n) is 7.41. The summed E-state index contributed by atoms with van der Waals surface area (Å²) in [7, 11) is 0. The maximum absolute atomic E-state index is 5.74. The Balaban J connectivity index is 2.86. The van der Waals surface area contributed by atoms with E-state index in [1.807, 2.05) is 19.1 Å². The number of hydrogen-bond acceptors (Lipinski definition) is 3. The fourth-order valence-electron chi connectivity index (χ4n) is 1.16. The Bertz CT molecular complexity index is 261. The number of hydrogen-bond donors (Lipinski definition) is 2. The van der Waals surface area contributed by atoms with E-state index in [1.54, 1.807) is 12.1 Å². The lowest BCUT2D eigenvalue weighted by molar-refractivity contribution is 0.0380. The second-order valence-corrected chi connectivity index (χ2v) is 3.40. The molecule has 3 nitrogen and oxygen atoms in total. The first kappa shape index (κ1) is 10.5. The molecule has 0 radical (unpaired) electrons. The standard InChI is InChI=1S/C9H13ClN2O/c1-6(11)9(13-12)7-2-4-8(10)5-3-7/h2-6,9H,11-12H2,1H3/t6-,9?/m0/s1. The molecule has 1 aromatic rings. The summed E-state index contributed by atoms with van der Waals surface area (Å²) in [5, 5.41) is 0.684. The molecule has 0 aliphatic heterocycles. The topological polar surface area (TPSA) is 61.3 Å². The van der Waals surface area contributed by atoms with E-state index >= 15 is 0 Å². The van der Waals surface area contributed by atoms with Gasteiger partial charge in [-0.15, -0.1) is 0 Å². The molecule has 1 unspecified atom stereocenters. The molecule has 72 valence electrons. The Kier molecular flexibility index (Phi) is 3.69. The van der Waals surface area contributed by atoms with Gasteiger partial charge in [0.1, 0.15) is 6.10 Å². The van der Waals surface area contributed by atoms with Crippen LogP contribution in [-0.2, 0) is 4.84 Å². The van der Waals surface area contributed by atoms with Crippen LogP contribution in [0.4, 0.5) is 0 Å². The van der Waals surface area contributed by atoms with Gasteiger partial charge in [-0.3, -0.25) is 4.84 Å². The van der Waals surface area contributed by atoms with Crippen molar-refractivity contribution in [3.63, 3.8) is 0 Å². The number of nitrogens with two attached hydrogens (primary N) is 2. The minimum Gasteiger partial charge on any atom is -0.325 e. The fourth-order valence-corrected chi connectivity index (χ4v) is 1.28. The molecule has 0 spiro atoms. The van der Waals surface area contributed by atoms with E-state index in [-0.39, 0.29) is 12.1 Å². The van der Waals surface area contributed by atoms with Gasteiger partial charge >= 0.3 is 0 Å². The van der Waals surface area contributed by atoms with Crippen molar-refractivity contribution in [2.45, 2.75) is 19.1 Å². The normalized spacial score (nSPS) is 15.4. The Hall–Kier alpha value is -0.610. The number of halogens is 1. The van der Waals surface area contributed by atoms with Crippen molar-refractivity contribution in [2.24, 2.45) is 11.6 Å². The predicted octanol–water partition coefficient (Wildman–Crippen LogP) is 1.62. The quantitative estimate of drug-likeness (QED) is 0.729. The van der Waals surface area contributed by atoms with Crippen LogP contribution < -0.4 is 11.6 Å². The Morgan fingerprint density at radius 3 is 2.23 bits per heavy atom. The highest BCUT2D eigenvalue weighted by atomic mass is 35.5. The highest BCUT2D eigenvalue weighted by molar-refractivity contribution is 6.30. The van der Waals surface area contributed by atoms with Crippen LogP contribution in [0.15, 0.2) is 24.3 Å². The summed E-state index contributed by atoms with van der Waals surface area (Å²) in [5.41, 5.74) is 6.61. The molecule has 0 fully saturated rings. The molecule has 4 heteroatoms. The van der Waals surface area contributed by atoms with Gasteiger partial charge in [0, 0.05) is 11.1 Å². The molecule has 0 bridgehead atoms. The van der Waals surface area contributed by atoms with Gasteiger partial charge in [0.25, 0.3) is 0 Å². The van der Waals surface area contributed by atoms with Gasteiger partial charge in [0.2, 0.25) is 0 Å². The van der Waals surface area contributed by atoms with Gasteiger partial charge in [-0.2, -0.15) is 0 Å². The van der Waals surface area contributed by atoms with Gasteiger partial charge in [-0.25, -0.2) is 5.90 Å². The molecule has 0 saturated heterocycles. The molecule has 1 aromatic carbocycles. The lowest BCUT2D eigenvalue weighted by Gasteiger charge is -2.18. The molecule has 0 amide bonds. The third-order valence-corrected chi connectivity index (χ3v) is 2.07. The molecule has 13 heavy (non-hydrogen) atoms. The minimum atomic E-state index is -0.280. The van der Waals surface area contributed by atoms with E-state index in [9.17, 15) is 0 Å². The van der Waals surface area contributed by atoms with Crippen LogP contribution in [0.25, 0.3) is 0 Å². The third-order valence-electron chi connectivity index (χ3n) is 1.82. The summed E-state index contributed by atoms with van der Waals surface area (Å²) in [6, 6.07) is 7.12. The van der Waals surface area contributed by atoms with Crippen molar-refractivity contribution in [1.82, 2.24) is 0 Å². The van der Waals surface area contributed by atoms with Crippen LogP contribution in [0.3, 0.4) is 0 Å². The summed E-state index contributed by atoms with van der Waals surface area (Å²) >= 11 is 5.74. The molecule has 0 aromatic heterocycles. The summed E-state index contributed by atoms with van der Waals surface area (Å²) in [6.07, 6.45) is -0.280. The predicted molar refractivity (Wildman–Crippen MR) is 53.1 cm³/mol. The van der Waals surface area contributed by atoms with E-state index < -0.39 is 0 Å². The van der Waals surface area contributed by atoms with Gasteiger partial charge < -0.3 is 5.73 Å².